The van der Waals surface area contributed by atoms with Gasteiger partial charge in [-0.1, -0.05) is 26.8 Å². The first kappa shape index (κ1) is 24.2. The number of ether oxygens (including phenoxy) is 1. The molecule has 33 heavy (non-hydrogen) atoms. The molecule has 0 radical (unpaired) electrons. The van der Waals surface area contributed by atoms with Crippen LogP contribution in [0.2, 0.25) is 0 Å². The monoisotopic (exact) mass is 476 g/mol. The third-order valence-electron chi connectivity index (χ3n) is 7.49. The van der Waals surface area contributed by atoms with E-state index in [-0.39, 0.29) is 45.9 Å². The molecule has 8 heteroatoms. The number of likely N-dealkylation sites (tertiary alicyclic amines) is 1. The molecule has 1 saturated carbocycles. The number of hydrogen-bond acceptors (Lipinski definition) is 5. The van der Waals surface area contributed by atoms with Crippen LogP contribution in [-0.4, -0.2) is 61.3 Å². The molecule has 3 unspecified atom stereocenters. The summed E-state index contributed by atoms with van der Waals surface area (Å²) in [5.41, 5.74) is 0.220. The molecule has 3 aliphatic rings. The van der Waals surface area contributed by atoms with Crippen LogP contribution < -0.4 is 0 Å². The van der Waals surface area contributed by atoms with Crippen molar-refractivity contribution in [2.45, 2.75) is 83.2 Å². The molecule has 0 aromatic heterocycles. The van der Waals surface area contributed by atoms with E-state index in [2.05, 4.69) is 20.8 Å². The van der Waals surface area contributed by atoms with E-state index in [1.54, 1.807) is 15.3 Å². The van der Waals surface area contributed by atoms with Crippen LogP contribution in [0.25, 0.3) is 0 Å². The quantitative estimate of drug-likeness (QED) is 0.603. The topological polar surface area (TPSA) is 84.0 Å². The summed E-state index contributed by atoms with van der Waals surface area (Å²) in [5.74, 6) is -0.891. The van der Waals surface area contributed by atoms with Gasteiger partial charge in [-0.15, -0.1) is 0 Å². The molecule has 1 aliphatic carbocycles. The predicted octanol–water partition coefficient (Wildman–Crippen LogP) is 3.83. The Hall–Kier alpha value is -1.93. The van der Waals surface area contributed by atoms with Crippen LogP contribution in [0, 0.1) is 10.8 Å². The van der Waals surface area contributed by atoms with Gasteiger partial charge in [-0.2, -0.15) is 4.31 Å². The van der Waals surface area contributed by atoms with Crippen molar-refractivity contribution in [2.24, 2.45) is 10.8 Å². The minimum absolute atomic E-state index is 0.0245. The van der Waals surface area contributed by atoms with Gasteiger partial charge < -0.3 is 9.64 Å². The van der Waals surface area contributed by atoms with Gasteiger partial charge in [-0.05, 0) is 74.5 Å². The number of carbonyl (C=O) groups excluding carboxylic acids is 2. The second-order valence-corrected chi connectivity index (χ2v) is 13.2. The van der Waals surface area contributed by atoms with Gasteiger partial charge >= 0.3 is 5.97 Å². The molecule has 2 bridgehead atoms. The van der Waals surface area contributed by atoms with Crippen molar-refractivity contribution in [1.29, 1.82) is 0 Å². The summed E-state index contributed by atoms with van der Waals surface area (Å²) in [6.45, 7) is 9.43. The summed E-state index contributed by atoms with van der Waals surface area (Å²) in [4.78, 5) is 27.0. The van der Waals surface area contributed by atoms with Crippen LogP contribution in [0.4, 0.5) is 0 Å². The van der Waals surface area contributed by atoms with E-state index < -0.39 is 16.0 Å². The average molecular weight is 477 g/mol. The Morgan fingerprint density at radius 3 is 2.64 bits per heavy atom. The van der Waals surface area contributed by atoms with Crippen molar-refractivity contribution in [2.75, 3.05) is 19.7 Å². The van der Waals surface area contributed by atoms with Crippen molar-refractivity contribution < 1.29 is 22.7 Å². The normalized spacial score (nSPS) is 29.6. The second-order valence-electron chi connectivity index (χ2n) is 11.3. The molecule has 3 atom stereocenters. The van der Waals surface area contributed by atoms with Gasteiger partial charge in [-0.3, -0.25) is 4.79 Å². The van der Waals surface area contributed by atoms with Gasteiger partial charge in [0.1, 0.15) is 0 Å². The summed E-state index contributed by atoms with van der Waals surface area (Å²) in [6.07, 6.45) is 5.71. The van der Waals surface area contributed by atoms with E-state index in [0.717, 1.165) is 38.5 Å². The zero-order chi connectivity index (χ0) is 24.0. The lowest BCUT2D eigenvalue weighted by Crippen LogP contribution is -2.44. The smallest absolute Gasteiger partial charge is 0.338 e. The van der Waals surface area contributed by atoms with Gasteiger partial charge in [0.05, 0.1) is 10.5 Å². The van der Waals surface area contributed by atoms with Crippen molar-refractivity contribution >= 4 is 21.9 Å². The number of rotatable bonds is 5. The SMILES string of the molecule is CC1CCCCN1C(=O)COC(=O)c1cccc(S(=O)(=O)N2CC3(C)CC2CC(C)(C)C3)c1. The van der Waals surface area contributed by atoms with E-state index in [9.17, 15) is 18.0 Å². The number of hydrogen-bond donors (Lipinski definition) is 0. The Morgan fingerprint density at radius 2 is 1.91 bits per heavy atom. The van der Waals surface area contributed by atoms with E-state index in [1.807, 2.05) is 6.92 Å². The zero-order valence-corrected chi connectivity index (χ0v) is 21.0. The highest BCUT2D eigenvalue weighted by Gasteiger charge is 2.53. The number of fused-ring (bicyclic) bond motifs is 2. The highest BCUT2D eigenvalue weighted by atomic mass is 32.2. The average Bonchev–Trinajstić information content (AvgIpc) is 3.01. The summed E-state index contributed by atoms with van der Waals surface area (Å²) >= 11 is 0. The molecule has 7 nitrogen and oxygen atoms in total. The number of esters is 1. The second kappa shape index (κ2) is 8.69. The van der Waals surface area contributed by atoms with E-state index in [1.165, 1.54) is 18.2 Å². The number of amides is 1. The minimum atomic E-state index is -3.74. The van der Waals surface area contributed by atoms with Crippen molar-refractivity contribution in [3.8, 4) is 0 Å². The fraction of sp³-hybridized carbons (Fsp3) is 0.680. The van der Waals surface area contributed by atoms with Crippen molar-refractivity contribution in [3.05, 3.63) is 29.8 Å². The largest absolute Gasteiger partial charge is 0.452 e. The lowest BCUT2D eigenvalue weighted by Gasteiger charge is -2.39. The van der Waals surface area contributed by atoms with Crippen molar-refractivity contribution in [3.63, 3.8) is 0 Å². The molecule has 2 heterocycles. The highest BCUT2D eigenvalue weighted by Crippen LogP contribution is 2.53. The molecule has 1 aromatic rings. The third-order valence-corrected chi connectivity index (χ3v) is 9.39. The minimum Gasteiger partial charge on any atom is -0.452 e. The Morgan fingerprint density at radius 1 is 1.15 bits per heavy atom. The number of piperidine rings is 1. The fourth-order valence-electron chi connectivity index (χ4n) is 6.37. The van der Waals surface area contributed by atoms with Crippen LogP contribution in [-0.2, 0) is 19.6 Å². The van der Waals surface area contributed by atoms with Gasteiger partial charge in [0.2, 0.25) is 10.0 Å². The molecule has 2 aliphatic heterocycles. The molecular formula is C25H36N2O5S. The molecule has 3 fully saturated rings. The molecule has 2 saturated heterocycles. The number of sulfonamides is 1. The maximum atomic E-state index is 13.5. The van der Waals surface area contributed by atoms with E-state index in [0.29, 0.717) is 13.1 Å². The lowest BCUT2D eigenvalue weighted by atomic mass is 9.65. The third kappa shape index (κ3) is 4.97. The maximum Gasteiger partial charge on any atom is 0.338 e. The molecule has 4 rings (SSSR count). The van der Waals surface area contributed by atoms with Crippen LogP contribution >= 0.6 is 0 Å². The van der Waals surface area contributed by atoms with Gasteiger partial charge in [0, 0.05) is 25.2 Å². The summed E-state index contributed by atoms with van der Waals surface area (Å²) in [6, 6.07) is 6.12. The first-order valence-electron chi connectivity index (χ1n) is 12.0. The van der Waals surface area contributed by atoms with Crippen molar-refractivity contribution in [1.82, 2.24) is 9.21 Å². The standard InChI is InChI=1S/C25H36N2O5S/c1-18-8-5-6-11-26(18)22(28)15-32-23(29)19-9-7-10-21(12-19)33(30,31)27-17-25(4)14-20(27)13-24(2,3)16-25/h7,9-10,12,18,20H,5-6,8,11,13-17H2,1-4H3. The Labute approximate surface area is 197 Å². The molecule has 1 aromatic carbocycles. The summed E-state index contributed by atoms with van der Waals surface area (Å²) in [7, 11) is -3.74. The number of nitrogens with zero attached hydrogens (tertiary/aromatic N) is 2. The fourth-order valence-corrected chi connectivity index (χ4v) is 8.19. The summed E-state index contributed by atoms with van der Waals surface area (Å²) < 4.78 is 33.9. The first-order chi connectivity index (χ1) is 15.4. The predicted molar refractivity (Wildman–Crippen MR) is 125 cm³/mol. The molecule has 1 amide bonds. The van der Waals surface area contributed by atoms with Crippen LogP contribution in [0.1, 0.15) is 76.6 Å². The first-order valence-corrected chi connectivity index (χ1v) is 13.4. The molecule has 0 N–H and O–H groups in total. The van der Waals surface area contributed by atoms with Crippen LogP contribution in [0.3, 0.4) is 0 Å². The Kier molecular flexibility index (Phi) is 6.37. The van der Waals surface area contributed by atoms with E-state index >= 15 is 0 Å². The van der Waals surface area contributed by atoms with Crippen LogP contribution in [0.5, 0.6) is 0 Å². The Balaban J connectivity index is 1.46. The van der Waals surface area contributed by atoms with E-state index in [4.69, 9.17) is 4.74 Å². The Bertz CT molecular complexity index is 1040. The van der Waals surface area contributed by atoms with Gasteiger partial charge in [0.25, 0.3) is 5.91 Å². The summed E-state index contributed by atoms with van der Waals surface area (Å²) in [5, 5.41) is 0. The molecule has 0 spiro atoms. The lowest BCUT2D eigenvalue weighted by molar-refractivity contribution is -0.137. The van der Waals surface area contributed by atoms with Crippen LogP contribution in [0.15, 0.2) is 29.2 Å². The number of carbonyl (C=O) groups is 2. The van der Waals surface area contributed by atoms with Gasteiger partial charge in [0.15, 0.2) is 6.61 Å². The highest BCUT2D eigenvalue weighted by molar-refractivity contribution is 7.89. The molecular weight excluding hydrogens is 440 g/mol. The number of benzene rings is 1. The zero-order valence-electron chi connectivity index (χ0n) is 20.2. The maximum absolute atomic E-state index is 13.5. The van der Waals surface area contributed by atoms with Gasteiger partial charge in [-0.25, -0.2) is 13.2 Å². The molecule has 182 valence electrons.